The van der Waals surface area contributed by atoms with Crippen LogP contribution in [0.2, 0.25) is 0 Å². The van der Waals surface area contributed by atoms with Crippen LogP contribution in [0.3, 0.4) is 0 Å². The molecular formula is C14H16N2O5S. The largest absolute Gasteiger partial charge is 0.473 e. The summed E-state index contributed by atoms with van der Waals surface area (Å²) in [6.45, 7) is 3.11. The number of carboxylic acids is 2. The number of nitrogens with one attached hydrogen (secondary N) is 1. The molecule has 0 spiro atoms. The SMILES string of the molecule is Cc1cccc(C(=O)CN2CCSC2=N)c1.O=C(O)C(=O)O. The zero-order chi connectivity index (χ0) is 16.7. The van der Waals surface area contributed by atoms with Gasteiger partial charge in [-0.15, -0.1) is 0 Å². The molecule has 1 fully saturated rings. The van der Waals surface area contributed by atoms with E-state index in [0.29, 0.717) is 11.7 Å². The van der Waals surface area contributed by atoms with E-state index in [9.17, 15) is 4.79 Å². The maximum Gasteiger partial charge on any atom is 0.414 e. The van der Waals surface area contributed by atoms with Gasteiger partial charge in [-0.05, 0) is 13.0 Å². The zero-order valence-corrected chi connectivity index (χ0v) is 12.7. The number of thioether (sulfide) groups is 1. The molecule has 118 valence electrons. The van der Waals surface area contributed by atoms with Crippen molar-refractivity contribution < 1.29 is 24.6 Å². The number of carboxylic acid groups (broad SMARTS) is 2. The van der Waals surface area contributed by atoms with Gasteiger partial charge in [-0.1, -0.05) is 35.5 Å². The standard InChI is InChI=1S/C12H14N2OS.C2H2O4/c1-9-3-2-4-10(7-9)11(15)8-14-5-6-16-12(14)13;3-1(4)2(5)6/h2-4,7,13H,5-6,8H2,1H3;(H,3,4)(H,5,6). The van der Waals surface area contributed by atoms with Crippen LogP contribution < -0.4 is 0 Å². The predicted molar refractivity (Wildman–Crippen MR) is 82.5 cm³/mol. The van der Waals surface area contributed by atoms with Crippen LogP contribution in [-0.2, 0) is 9.59 Å². The number of Topliss-reactive ketones (excluding diaryl/α,β-unsaturated/α-hetero) is 1. The van der Waals surface area contributed by atoms with Crippen molar-refractivity contribution in [2.45, 2.75) is 6.92 Å². The molecule has 7 nitrogen and oxygen atoms in total. The van der Waals surface area contributed by atoms with Crippen molar-refractivity contribution in [3.8, 4) is 0 Å². The Labute approximate surface area is 131 Å². The van der Waals surface area contributed by atoms with Crippen molar-refractivity contribution in [2.24, 2.45) is 0 Å². The number of amidine groups is 1. The molecule has 1 aromatic carbocycles. The summed E-state index contributed by atoms with van der Waals surface area (Å²) < 4.78 is 0. The number of carbonyl (C=O) groups excluding carboxylic acids is 1. The van der Waals surface area contributed by atoms with Gasteiger partial charge in [0.1, 0.15) is 0 Å². The highest BCUT2D eigenvalue weighted by Crippen LogP contribution is 2.16. The highest BCUT2D eigenvalue weighted by Gasteiger charge is 2.20. The van der Waals surface area contributed by atoms with Gasteiger partial charge in [-0.25, -0.2) is 9.59 Å². The van der Waals surface area contributed by atoms with Crippen LogP contribution in [0.4, 0.5) is 0 Å². The third-order valence-corrected chi connectivity index (χ3v) is 3.66. The summed E-state index contributed by atoms with van der Waals surface area (Å²) >= 11 is 1.50. The van der Waals surface area contributed by atoms with Gasteiger partial charge in [-0.2, -0.15) is 0 Å². The molecule has 1 heterocycles. The second-order valence-electron chi connectivity index (χ2n) is 4.48. The Morgan fingerprint density at radius 1 is 1.27 bits per heavy atom. The van der Waals surface area contributed by atoms with Crippen molar-refractivity contribution in [2.75, 3.05) is 18.8 Å². The molecule has 22 heavy (non-hydrogen) atoms. The molecule has 0 aliphatic carbocycles. The Morgan fingerprint density at radius 3 is 2.36 bits per heavy atom. The van der Waals surface area contributed by atoms with Crippen molar-refractivity contribution in [3.63, 3.8) is 0 Å². The van der Waals surface area contributed by atoms with Gasteiger partial charge in [0.25, 0.3) is 0 Å². The molecule has 0 radical (unpaired) electrons. The number of ketones is 1. The van der Waals surface area contributed by atoms with Gasteiger partial charge >= 0.3 is 11.9 Å². The van der Waals surface area contributed by atoms with Gasteiger partial charge in [-0.3, -0.25) is 10.2 Å². The zero-order valence-electron chi connectivity index (χ0n) is 11.9. The van der Waals surface area contributed by atoms with Crippen molar-refractivity contribution >= 4 is 34.7 Å². The molecule has 0 atom stereocenters. The first-order valence-corrected chi connectivity index (χ1v) is 7.32. The summed E-state index contributed by atoms with van der Waals surface area (Å²) in [6, 6.07) is 7.61. The average molecular weight is 324 g/mol. The molecule has 8 heteroatoms. The number of aliphatic carboxylic acids is 2. The van der Waals surface area contributed by atoms with E-state index in [1.807, 2.05) is 36.1 Å². The number of aryl methyl sites for hydroxylation is 1. The lowest BCUT2D eigenvalue weighted by Crippen LogP contribution is -2.30. The van der Waals surface area contributed by atoms with Crippen LogP contribution in [0.25, 0.3) is 0 Å². The van der Waals surface area contributed by atoms with E-state index in [-0.39, 0.29) is 5.78 Å². The van der Waals surface area contributed by atoms with E-state index in [4.69, 9.17) is 25.2 Å². The molecule has 0 amide bonds. The van der Waals surface area contributed by atoms with Crippen LogP contribution in [0.5, 0.6) is 0 Å². The third-order valence-electron chi connectivity index (χ3n) is 2.74. The Bertz CT molecular complexity index is 591. The fourth-order valence-corrected chi connectivity index (χ4v) is 2.52. The van der Waals surface area contributed by atoms with E-state index in [1.165, 1.54) is 11.8 Å². The fourth-order valence-electron chi connectivity index (χ4n) is 1.68. The molecular weight excluding hydrogens is 308 g/mol. The Morgan fingerprint density at radius 2 is 1.91 bits per heavy atom. The van der Waals surface area contributed by atoms with E-state index in [0.717, 1.165) is 23.4 Å². The molecule has 1 aromatic rings. The lowest BCUT2D eigenvalue weighted by Gasteiger charge is -2.15. The number of hydrogen-bond acceptors (Lipinski definition) is 5. The van der Waals surface area contributed by atoms with Crippen molar-refractivity contribution in [3.05, 3.63) is 35.4 Å². The number of carbonyl (C=O) groups is 3. The summed E-state index contributed by atoms with van der Waals surface area (Å²) in [6.07, 6.45) is 0. The summed E-state index contributed by atoms with van der Waals surface area (Å²) in [5, 5.41) is 22.9. The molecule has 0 saturated carbocycles. The van der Waals surface area contributed by atoms with Gasteiger partial charge in [0, 0.05) is 17.9 Å². The number of nitrogens with zero attached hydrogens (tertiary/aromatic N) is 1. The van der Waals surface area contributed by atoms with Gasteiger partial charge in [0.2, 0.25) is 0 Å². The average Bonchev–Trinajstić information content (AvgIpc) is 2.85. The van der Waals surface area contributed by atoms with E-state index in [1.54, 1.807) is 0 Å². The Kier molecular flexibility index (Phi) is 6.58. The van der Waals surface area contributed by atoms with Crippen LogP contribution in [0.15, 0.2) is 24.3 Å². The van der Waals surface area contributed by atoms with Crippen molar-refractivity contribution in [1.82, 2.24) is 4.90 Å². The summed E-state index contributed by atoms with van der Waals surface area (Å²) in [4.78, 5) is 32.0. The molecule has 0 unspecified atom stereocenters. The second kappa shape index (κ2) is 8.18. The minimum absolute atomic E-state index is 0.0935. The first kappa shape index (κ1) is 17.7. The smallest absolute Gasteiger partial charge is 0.414 e. The highest BCUT2D eigenvalue weighted by atomic mass is 32.2. The minimum Gasteiger partial charge on any atom is -0.473 e. The topological polar surface area (TPSA) is 119 Å². The van der Waals surface area contributed by atoms with Crippen LogP contribution in [0, 0.1) is 12.3 Å². The number of rotatable bonds is 3. The summed E-state index contributed by atoms with van der Waals surface area (Å²) in [5.41, 5.74) is 1.83. The van der Waals surface area contributed by atoms with Crippen molar-refractivity contribution in [1.29, 1.82) is 5.41 Å². The second-order valence-corrected chi connectivity index (χ2v) is 5.56. The molecule has 0 aromatic heterocycles. The molecule has 3 N–H and O–H groups in total. The van der Waals surface area contributed by atoms with Gasteiger partial charge in [0.15, 0.2) is 11.0 Å². The predicted octanol–water partition coefficient (Wildman–Crippen LogP) is 1.32. The van der Waals surface area contributed by atoms with E-state index >= 15 is 0 Å². The lowest BCUT2D eigenvalue weighted by molar-refractivity contribution is -0.159. The number of benzene rings is 1. The summed E-state index contributed by atoms with van der Waals surface area (Å²) in [7, 11) is 0. The maximum atomic E-state index is 12.0. The van der Waals surface area contributed by atoms with E-state index < -0.39 is 11.9 Å². The first-order chi connectivity index (χ1) is 10.3. The normalized spacial score (nSPS) is 13.3. The molecule has 1 saturated heterocycles. The van der Waals surface area contributed by atoms with Gasteiger partial charge in [0.05, 0.1) is 6.54 Å². The number of hydrogen-bond donors (Lipinski definition) is 3. The van der Waals surface area contributed by atoms with E-state index in [2.05, 4.69) is 0 Å². The molecule has 0 bridgehead atoms. The van der Waals surface area contributed by atoms with Crippen LogP contribution in [0.1, 0.15) is 15.9 Å². The monoisotopic (exact) mass is 324 g/mol. The first-order valence-electron chi connectivity index (χ1n) is 6.33. The Hall–Kier alpha value is -2.35. The fraction of sp³-hybridized carbons (Fsp3) is 0.286. The summed E-state index contributed by atoms with van der Waals surface area (Å²) in [5.74, 6) is -2.64. The highest BCUT2D eigenvalue weighted by molar-refractivity contribution is 8.14. The molecule has 2 rings (SSSR count). The van der Waals surface area contributed by atoms with Crippen LogP contribution >= 0.6 is 11.8 Å². The molecule has 1 aliphatic rings. The molecule has 1 aliphatic heterocycles. The van der Waals surface area contributed by atoms with Gasteiger partial charge < -0.3 is 15.1 Å². The maximum absolute atomic E-state index is 12.0. The minimum atomic E-state index is -1.82. The lowest BCUT2D eigenvalue weighted by atomic mass is 10.1. The Balaban J connectivity index is 0.000000346. The third kappa shape index (κ3) is 5.57. The van der Waals surface area contributed by atoms with Crippen LogP contribution in [-0.4, -0.2) is 56.8 Å². The quantitative estimate of drug-likeness (QED) is 0.566.